The van der Waals surface area contributed by atoms with Gasteiger partial charge in [-0.25, -0.2) is 13.6 Å². The number of nitrogens with zero attached hydrogens (tertiary/aromatic N) is 1. The number of aliphatic hydroxyl groups is 1. The first-order valence-corrected chi connectivity index (χ1v) is 6.91. The lowest BCUT2D eigenvalue weighted by Crippen LogP contribution is -2.33. The quantitative estimate of drug-likeness (QED) is 0.748. The van der Waals surface area contributed by atoms with Crippen LogP contribution in [0.3, 0.4) is 0 Å². The highest BCUT2D eigenvalue weighted by atomic mass is 32.2. The first kappa shape index (κ1) is 14.9. The highest BCUT2D eigenvalue weighted by Crippen LogP contribution is 2.22. The van der Waals surface area contributed by atoms with Crippen LogP contribution < -0.4 is 10.0 Å². The number of methoxy groups -OCH3 is 1. The second kappa shape index (κ2) is 6.14. The lowest BCUT2D eigenvalue weighted by Gasteiger charge is -2.24. The maximum absolute atomic E-state index is 11.4. The molecule has 0 heterocycles. The Labute approximate surface area is 107 Å². The first-order valence-electron chi connectivity index (χ1n) is 5.36. The Morgan fingerprint density at radius 3 is 2.61 bits per heavy atom. The SMILES string of the molecule is COCC(O)CN(C)c1ccccc1S(N)(=O)=O. The normalized spacial score (nSPS) is 13.3. The summed E-state index contributed by atoms with van der Waals surface area (Å²) in [5.41, 5.74) is 0.454. The van der Waals surface area contributed by atoms with Gasteiger partial charge in [0.15, 0.2) is 0 Å². The fraction of sp³-hybridized carbons (Fsp3) is 0.455. The molecule has 0 spiro atoms. The summed E-state index contributed by atoms with van der Waals surface area (Å²) in [5, 5.41) is 14.8. The van der Waals surface area contributed by atoms with Gasteiger partial charge in [0.05, 0.1) is 18.4 Å². The number of hydrogen-bond acceptors (Lipinski definition) is 5. The van der Waals surface area contributed by atoms with Crippen LogP contribution in [0.15, 0.2) is 29.2 Å². The van der Waals surface area contributed by atoms with Crippen molar-refractivity contribution in [2.45, 2.75) is 11.0 Å². The van der Waals surface area contributed by atoms with Crippen LogP contribution >= 0.6 is 0 Å². The van der Waals surface area contributed by atoms with Crippen LogP contribution in [0.5, 0.6) is 0 Å². The fourth-order valence-electron chi connectivity index (χ4n) is 1.67. The summed E-state index contributed by atoms with van der Waals surface area (Å²) in [6, 6.07) is 6.38. The Morgan fingerprint density at radius 2 is 2.06 bits per heavy atom. The van der Waals surface area contributed by atoms with Crippen molar-refractivity contribution in [2.24, 2.45) is 5.14 Å². The van der Waals surface area contributed by atoms with Gasteiger partial charge in [-0.2, -0.15) is 0 Å². The molecule has 1 unspecified atom stereocenters. The van der Waals surface area contributed by atoms with Crippen molar-refractivity contribution in [1.29, 1.82) is 0 Å². The number of ether oxygens (including phenoxy) is 1. The van der Waals surface area contributed by atoms with E-state index in [1.54, 1.807) is 30.1 Å². The molecule has 0 aliphatic heterocycles. The van der Waals surface area contributed by atoms with Crippen molar-refractivity contribution in [2.75, 3.05) is 32.2 Å². The molecule has 1 rings (SSSR count). The topological polar surface area (TPSA) is 92.9 Å². The smallest absolute Gasteiger partial charge is 0.240 e. The average Bonchev–Trinajstić information content (AvgIpc) is 2.28. The van der Waals surface area contributed by atoms with Gasteiger partial charge < -0.3 is 14.7 Å². The Hall–Kier alpha value is -1.15. The van der Waals surface area contributed by atoms with Crippen LogP contribution in [0.4, 0.5) is 5.69 Å². The molecule has 6 nitrogen and oxygen atoms in total. The van der Waals surface area contributed by atoms with Crippen LogP contribution in [0.1, 0.15) is 0 Å². The zero-order chi connectivity index (χ0) is 13.8. The molecule has 1 atom stereocenters. The molecule has 18 heavy (non-hydrogen) atoms. The number of hydrogen-bond donors (Lipinski definition) is 2. The molecule has 1 aromatic carbocycles. The Morgan fingerprint density at radius 1 is 1.44 bits per heavy atom. The number of anilines is 1. The fourth-order valence-corrected chi connectivity index (χ4v) is 2.46. The largest absolute Gasteiger partial charge is 0.389 e. The molecule has 0 aliphatic rings. The van der Waals surface area contributed by atoms with E-state index in [9.17, 15) is 13.5 Å². The molecule has 0 radical (unpaired) electrons. The summed E-state index contributed by atoms with van der Waals surface area (Å²) in [7, 11) is -0.610. The number of para-hydroxylation sites is 1. The van der Waals surface area contributed by atoms with E-state index in [0.29, 0.717) is 5.69 Å². The minimum absolute atomic E-state index is 0.0390. The van der Waals surface area contributed by atoms with E-state index in [0.717, 1.165) is 0 Å². The summed E-state index contributed by atoms with van der Waals surface area (Å²) in [6.07, 6.45) is -0.700. The van der Waals surface area contributed by atoms with Crippen molar-refractivity contribution >= 4 is 15.7 Å². The summed E-state index contributed by atoms with van der Waals surface area (Å²) < 4.78 is 27.7. The number of primary sulfonamides is 1. The Bertz CT molecular complexity index is 490. The third-order valence-corrected chi connectivity index (χ3v) is 3.38. The maximum Gasteiger partial charge on any atom is 0.240 e. The van der Waals surface area contributed by atoms with Gasteiger partial charge in [-0.3, -0.25) is 0 Å². The van der Waals surface area contributed by atoms with Crippen LogP contribution in [-0.4, -0.2) is 46.9 Å². The monoisotopic (exact) mass is 274 g/mol. The summed E-state index contributed by atoms with van der Waals surface area (Å²) >= 11 is 0. The minimum atomic E-state index is -3.78. The van der Waals surface area contributed by atoms with Crippen molar-refractivity contribution in [1.82, 2.24) is 0 Å². The number of rotatable bonds is 6. The number of sulfonamides is 1. The molecular formula is C11H18N2O4S. The van der Waals surface area contributed by atoms with E-state index in [4.69, 9.17) is 9.88 Å². The molecule has 7 heteroatoms. The van der Waals surface area contributed by atoms with Crippen molar-refractivity contribution < 1.29 is 18.3 Å². The number of likely N-dealkylation sites (N-methyl/N-ethyl adjacent to an activating group) is 1. The van der Waals surface area contributed by atoms with Gasteiger partial charge in [0.2, 0.25) is 10.0 Å². The van der Waals surface area contributed by atoms with E-state index < -0.39 is 16.1 Å². The molecule has 0 fully saturated rings. The van der Waals surface area contributed by atoms with Gasteiger partial charge in [-0.1, -0.05) is 12.1 Å². The van der Waals surface area contributed by atoms with E-state index in [1.165, 1.54) is 13.2 Å². The average molecular weight is 274 g/mol. The summed E-state index contributed by atoms with van der Waals surface area (Å²) in [6.45, 7) is 0.433. The number of benzene rings is 1. The van der Waals surface area contributed by atoms with Crippen molar-refractivity contribution in [3.8, 4) is 0 Å². The highest BCUT2D eigenvalue weighted by molar-refractivity contribution is 7.89. The van der Waals surface area contributed by atoms with Crippen LogP contribution in [-0.2, 0) is 14.8 Å². The van der Waals surface area contributed by atoms with Crippen molar-refractivity contribution in [3.63, 3.8) is 0 Å². The van der Waals surface area contributed by atoms with Gasteiger partial charge in [0.1, 0.15) is 4.90 Å². The van der Waals surface area contributed by atoms with E-state index >= 15 is 0 Å². The second-order valence-corrected chi connectivity index (χ2v) is 5.53. The zero-order valence-corrected chi connectivity index (χ0v) is 11.2. The molecule has 0 bridgehead atoms. The molecule has 0 aliphatic carbocycles. The minimum Gasteiger partial charge on any atom is -0.389 e. The highest BCUT2D eigenvalue weighted by Gasteiger charge is 2.17. The predicted octanol–water partition coefficient (Wildman–Crippen LogP) is -0.223. The Kier molecular flexibility index (Phi) is 5.09. The predicted molar refractivity (Wildman–Crippen MR) is 69.0 cm³/mol. The molecule has 1 aromatic rings. The van der Waals surface area contributed by atoms with Crippen molar-refractivity contribution in [3.05, 3.63) is 24.3 Å². The molecule has 0 aromatic heterocycles. The lowest BCUT2D eigenvalue weighted by atomic mass is 10.2. The third-order valence-electron chi connectivity index (χ3n) is 2.43. The zero-order valence-electron chi connectivity index (χ0n) is 10.4. The summed E-state index contributed by atoms with van der Waals surface area (Å²) in [4.78, 5) is 1.67. The van der Waals surface area contributed by atoms with Gasteiger partial charge in [-0.05, 0) is 12.1 Å². The Balaban J connectivity index is 2.96. The third kappa shape index (κ3) is 3.95. The van der Waals surface area contributed by atoms with Gasteiger partial charge in [0.25, 0.3) is 0 Å². The van der Waals surface area contributed by atoms with Crippen LogP contribution in [0.25, 0.3) is 0 Å². The number of nitrogens with two attached hydrogens (primary N) is 1. The van der Waals surface area contributed by atoms with Crippen LogP contribution in [0.2, 0.25) is 0 Å². The summed E-state index contributed by atoms with van der Waals surface area (Å²) in [5.74, 6) is 0. The van der Waals surface area contributed by atoms with Gasteiger partial charge in [-0.15, -0.1) is 0 Å². The number of aliphatic hydroxyl groups excluding tert-OH is 1. The van der Waals surface area contributed by atoms with Gasteiger partial charge in [0, 0.05) is 20.7 Å². The standard InChI is InChI=1S/C11H18N2O4S/c1-13(7-9(14)8-17-2)10-5-3-4-6-11(10)18(12,15)16/h3-6,9,14H,7-8H2,1-2H3,(H2,12,15,16). The molecular weight excluding hydrogens is 256 g/mol. The molecule has 0 saturated carbocycles. The van der Waals surface area contributed by atoms with Gasteiger partial charge >= 0.3 is 0 Å². The molecule has 3 N–H and O–H groups in total. The first-order chi connectivity index (χ1) is 8.36. The molecule has 0 saturated heterocycles. The second-order valence-electron chi connectivity index (χ2n) is 4.00. The van der Waals surface area contributed by atoms with E-state index in [1.807, 2.05) is 0 Å². The van der Waals surface area contributed by atoms with Crippen LogP contribution in [0, 0.1) is 0 Å². The molecule has 0 amide bonds. The molecule has 102 valence electrons. The maximum atomic E-state index is 11.4. The van der Waals surface area contributed by atoms with E-state index in [-0.39, 0.29) is 18.0 Å². The van der Waals surface area contributed by atoms with E-state index in [2.05, 4.69) is 0 Å². The lowest BCUT2D eigenvalue weighted by molar-refractivity contribution is 0.0694.